The lowest BCUT2D eigenvalue weighted by Crippen LogP contribution is -2.50. The Balaban J connectivity index is 1.65. The number of carbonyl (C=O) groups is 2. The van der Waals surface area contributed by atoms with Crippen molar-refractivity contribution in [1.82, 2.24) is 10.2 Å². The first kappa shape index (κ1) is 25.6. The summed E-state index contributed by atoms with van der Waals surface area (Å²) < 4.78 is 0. The standard InChI is InChI=1S/C27H35ClN2O2S/c1-19-13-20(2)15-23(14-19)17-33-18-26(31)30(16-22-9-11-24(28)12-10-22)21(3)27(32)29-25-7-5-4-6-8-25/h9-15,21,25H,4-8,16-18H2,1-3H3,(H,29,32)/t21-/m0/s1. The van der Waals surface area contributed by atoms with E-state index in [4.69, 9.17) is 11.6 Å². The van der Waals surface area contributed by atoms with Crippen LogP contribution in [0.1, 0.15) is 61.3 Å². The molecule has 4 nitrogen and oxygen atoms in total. The molecule has 1 N–H and O–H groups in total. The summed E-state index contributed by atoms with van der Waals surface area (Å²) in [6, 6.07) is 13.6. The fourth-order valence-electron chi connectivity index (χ4n) is 4.43. The number of amides is 2. The van der Waals surface area contributed by atoms with Gasteiger partial charge in [0, 0.05) is 23.4 Å². The van der Waals surface area contributed by atoms with Gasteiger partial charge >= 0.3 is 0 Å². The van der Waals surface area contributed by atoms with Gasteiger partial charge in [-0.3, -0.25) is 9.59 Å². The molecule has 1 aliphatic rings. The zero-order valence-electron chi connectivity index (χ0n) is 19.9. The van der Waals surface area contributed by atoms with Gasteiger partial charge in [0.05, 0.1) is 5.75 Å². The number of aryl methyl sites for hydroxylation is 2. The highest BCUT2D eigenvalue weighted by atomic mass is 35.5. The Morgan fingerprint density at radius 1 is 1.03 bits per heavy atom. The quantitative estimate of drug-likeness (QED) is 0.469. The fourth-order valence-corrected chi connectivity index (χ4v) is 5.40. The van der Waals surface area contributed by atoms with Crippen molar-refractivity contribution >= 4 is 35.2 Å². The monoisotopic (exact) mass is 486 g/mol. The normalized spacial score (nSPS) is 15.2. The van der Waals surface area contributed by atoms with E-state index >= 15 is 0 Å². The molecule has 0 spiro atoms. The molecule has 33 heavy (non-hydrogen) atoms. The van der Waals surface area contributed by atoms with E-state index < -0.39 is 6.04 Å². The van der Waals surface area contributed by atoms with Crippen molar-refractivity contribution in [3.8, 4) is 0 Å². The summed E-state index contributed by atoms with van der Waals surface area (Å²) in [6.07, 6.45) is 5.59. The minimum Gasteiger partial charge on any atom is -0.352 e. The Morgan fingerprint density at radius 3 is 2.30 bits per heavy atom. The third kappa shape index (κ3) is 8.08. The minimum atomic E-state index is -0.531. The van der Waals surface area contributed by atoms with Gasteiger partial charge in [0.25, 0.3) is 0 Å². The van der Waals surface area contributed by atoms with Gasteiger partial charge in [0.15, 0.2) is 0 Å². The highest BCUT2D eigenvalue weighted by Gasteiger charge is 2.28. The third-order valence-corrected chi connectivity index (χ3v) is 7.40. The van der Waals surface area contributed by atoms with Crippen LogP contribution < -0.4 is 5.32 Å². The van der Waals surface area contributed by atoms with Crippen LogP contribution in [0.5, 0.6) is 0 Å². The lowest BCUT2D eigenvalue weighted by atomic mass is 9.95. The van der Waals surface area contributed by atoms with Crippen molar-refractivity contribution in [3.63, 3.8) is 0 Å². The Morgan fingerprint density at radius 2 is 1.67 bits per heavy atom. The van der Waals surface area contributed by atoms with Gasteiger partial charge in [-0.25, -0.2) is 0 Å². The first-order chi connectivity index (χ1) is 15.8. The molecular formula is C27H35ClN2O2S. The Bertz CT molecular complexity index is 921. The van der Waals surface area contributed by atoms with E-state index in [0.29, 0.717) is 17.3 Å². The highest BCUT2D eigenvalue weighted by molar-refractivity contribution is 7.99. The van der Waals surface area contributed by atoms with E-state index in [1.54, 1.807) is 16.7 Å². The van der Waals surface area contributed by atoms with Crippen LogP contribution in [0.15, 0.2) is 42.5 Å². The van der Waals surface area contributed by atoms with Crippen LogP contribution >= 0.6 is 23.4 Å². The fraction of sp³-hybridized carbons (Fsp3) is 0.481. The van der Waals surface area contributed by atoms with Crippen molar-refractivity contribution in [3.05, 3.63) is 69.7 Å². The number of thioether (sulfide) groups is 1. The van der Waals surface area contributed by atoms with Crippen LogP contribution in [0, 0.1) is 13.8 Å². The van der Waals surface area contributed by atoms with E-state index in [1.165, 1.54) is 23.1 Å². The molecule has 0 aromatic heterocycles. The molecular weight excluding hydrogens is 452 g/mol. The number of nitrogens with zero attached hydrogens (tertiary/aromatic N) is 1. The van der Waals surface area contributed by atoms with Gasteiger partial charge in [-0.05, 0) is 56.9 Å². The lowest BCUT2D eigenvalue weighted by molar-refractivity contribution is -0.139. The molecule has 0 aliphatic heterocycles. The minimum absolute atomic E-state index is 0.0226. The summed E-state index contributed by atoms with van der Waals surface area (Å²) in [5.74, 6) is 1.02. The van der Waals surface area contributed by atoms with Gasteiger partial charge in [0.1, 0.15) is 6.04 Å². The zero-order valence-corrected chi connectivity index (χ0v) is 21.5. The Kier molecular flexibility index (Phi) is 9.69. The topological polar surface area (TPSA) is 49.4 Å². The van der Waals surface area contributed by atoms with Crippen LogP contribution in [0.2, 0.25) is 5.02 Å². The van der Waals surface area contributed by atoms with Crippen LogP contribution in [0.4, 0.5) is 0 Å². The molecule has 178 valence electrons. The first-order valence-electron chi connectivity index (χ1n) is 11.8. The van der Waals surface area contributed by atoms with Crippen molar-refractivity contribution in [2.75, 3.05) is 5.75 Å². The zero-order chi connectivity index (χ0) is 23.8. The number of halogens is 1. The molecule has 0 radical (unpaired) electrons. The first-order valence-corrected chi connectivity index (χ1v) is 13.3. The van der Waals surface area contributed by atoms with Crippen LogP contribution in [-0.2, 0) is 21.9 Å². The van der Waals surface area contributed by atoms with Crippen molar-refractivity contribution in [1.29, 1.82) is 0 Å². The molecule has 0 unspecified atom stereocenters. The molecule has 2 aromatic rings. The van der Waals surface area contributed by atoms with Gasteiger partial charge < -0.3 is 10.2 Å². The van der Waals surface area contributed by atoms with E-state index in [9.17, 15) is 9.59 Å². The summed E-state index contributed by atoms with van der Waals surface area (Å²) >= 11 is 7.63. The van der Waals surface area contributed by atoms with Crippen LogP contribution in [0.3, 0.4) is 0 Å². The smallest absolute Gasteiger partial charge is 0.242 e. The Labute approximate surface area is 207 Å². The summed E-state index contributed by atoms with van der Waals surface area (Å²) in [4.78, 5) is 28.0. The predicted octanol–water partition coefficient (Wildman–Crippen LogP) is 6.06. The average Bonchev–Trinajstić information content (AvgIpc) is 2.78. The Hall–Kier alpha value is -1.98. The molecule has 1 aliphatic carbocycles. The number of benzene rings is 2. The predicted molar refractivity (Wildman–Crippen MR) is 139 cm³/mol. The molecule has 1 fully saturated rings. The molecule has 6 heteroatoms. The van der Waals surface area contributed by atoms with E-state index in [0.717, 1.165) is 37.0 Å². The molecule has 0 heterocycles. The van der Waals surface area contributed by atoms with E-state index in [2.05, 4.69) is 37.4 Å². The second-order valence-electron chi connectivity index (χ2n) is 9.16. The second-order valence-corrected chi connectivity index (χ2v) is 10.6. The average molecular weight is 487 g/mol. The van der Waals surface area contributed by atoms with E-state index in [1.807, 2.05) is 31.2 Å². The summed E-state index contributed by atoms with van der Waals surface area (Å²) in [5, 5.41) is 3.84. The molecule has 1 saturated carbocycles. The summed E-state index contributed by atoms with van der Waals surface area (Å²) in [7, 11) is 0. The van der Waals surface area contributed by atoms with Crippen molar-refractivity contribution in [2.24, 2.45) is 0 Å². The lowest BCUT2D eigenvalue weighted by Gasteiger charge is -2.31. The number of hydrogen-bond donors (Lipinski definition) is 1. The highest BCUT2D eigenvalue weighted by Crippen LogP contribution is 2.20. The van der Waals surface area contributed by atoms with Crippen LogP contribution in [-0.4, -0.2) is 34.6 Å². The van der Waals surface area contributed by atoms with E-state index in [-0.39, 0.29) is 17.9 Å². The van der Waals surface area contributed by atoms with Gasteiger partial charge in [0.2, 0.25) is 11.8 Å². The van der Waals surface area contributed by atoms with Crippen molar-refractivity contribution < 1.29 is 9.59 Å². The molecule has 2 aromatic carbocycles. The largest absolute Gasteiger partial charge is 0.352 e. The van der Waals surface area contributed by atoms with Crippen molar-refractivity contribution in [2.45, 2.75) is 77.3 Å². The summed E-state index contributed by atoms with van der Waals surface area (Å²) in [6.45, 7) is 6.40. The molecule has 1 atom stereocenters. The molecule has 0 saturated heterocycles. The number of hydrogen-bond acceptors (Lipinski definition) is 3. The number of carbonyl (C=O) groups excluding carboxylic acids is 2. The maximum atomic E-state index is 13.3. The van der Waals surface area contributed by atoms with Gasteiger partial charge in [-0.15, -0.1) is 11.8 Å². The maximum absolute atomic E-state index is 13.3. The number of nitrogens with one attached hydrogen (secondary N) is 1. The summed E-state index contributed by atoms with van der Waals surface area (Å²) in [5.41, 5.74) is 4.64. The molecule has 2 amide bonds. The van der Waals surface area contributed by atoms with Gasteiger partial charge in [-0.1, -0.05) is 72.3 Å². The third-order valence-electron chi connectivity index (χ3n) is 6.16. The maximum Gasteiger partial charge on any atom is 0.242 e. The van der Waals surface area contributed by atoms with Gasteiger partial charge in [-0.2, -0.15) is 0 Å². The molecule has 0 bridgehead atoms. The SMILES string of the molecule is Cc1cc(C)cc(CSCC(=O)N(Cc2ccc(Cl)cc2)[C@@H](C)C(=O)NC2CCCCC2)c1. The van der Waals surface area contributed by atoms with Crippen LogP contribution in [0.25, 0.3) is 0 Å². The number of rotatable bonds is 9. The molecule has 3 rings (SSSR count). The second kappa shape index (κ2) is 12.5.